The fourth-order valence-electron chi connectivity index (χ4n) is 2.60. The minimum absolute atomic E-state index is 0.237. The molecule has 1 unspecified atom stereocenters. The Morgan fingerprint density at radius 2 is 1.89 bits per heavy atom. The Balaban J connectivity index is 1.55. The highest BCUT2D eigenvalue weighted by atomic mass is 32.1. The fourth-order valence-corrected chi connectivity index (χ4v) is 4.36. The van der Waals surface area contributed by atoms with Crippen molar-refractivity contribution < 1.29 is 14.7 Å². The molecule has 0 spiro atoms. The van der Waals surface area contributed by atoms with Crippen LogP contribution in [-0.2, 0) is 16.1 Å². The summed E-state index contributed by atoms with van der Waals surface area (Å²) in [7, 11) is 0. The standard InChI is InChI=1S/C20H20N2O3S2/c1-12-5-7-15(13(2)10-12)22-20(25)19(24)21-11-14-6-8-17(27-14)18(23)16-4-3-9-26-16/h3-10,18,23H,11H2,1-2H3,(H,21,24)(H,22,25). The summed E-state index contributed by atoms with van der Waals surface area (Å²) in [5.41, 5.74) is 2.62. The Labute approximate surface area is 165 Å². The predicted octanol–water partition coefficient (Wildman–Crippen LogP) is 3.76. The van der Waals surface area contributed by atoms with Gasteiger partial charge in [-0.3, -0.25) is 9.59 Å². The summed E-state index contributed by atoms with van der Waals surface area (Å²) in [6, 6.07) is 13.1. The largest absolute Gasteiger partial charge is 0.382 e. The molecule has 27 heavy (non-hydrogen) atoms. The Morgan fingerprint density at radius 3 is 2.59 bits per heavy atom. The van der Waals surface area contributed by atoms with Gasteiger partial charge in [0, 0.05) is 20.3 Å². The number of benzene rings is 1. The minimum Gasteiger partial charge on any atom is -0.382 e. The molecule has 0 aliphatic rings. The number of carbonyl (C=O) groups excluding carboxylic acids is 2. The van der Waals surface area contributed by atoms with Gasteiger partial charge in [-0.05, 0) is 49.1 Å². The first kappa shape index (κ1) is 19.3. The van der Waals surface area contributed by atoms with Gasteiger partial charge in [-0.1, -0.05) is 23.8 Å². The van der Waals surface area contributed by atoms with Crippen LogP contribution in [-0.4, -0.2) is 16.9 Å². The Bertz CT molecular complexity index is 948. The number of aliphatic hydroxyl groups excluding tert-OH is 1. The zero-order valence-corrected chi connectivity index (χ0v) is 16.6. The van der Waals surface area contributed by atoms with Gasteiger partial charge in [0.2, 0.25) is 0 Å². The first-order chi connectivity index (χ1) is 12.9. The first-order valence-electron chi connectivity index (χ1n) is 8.40. The normalized spacial score (nSPS) is 11.8. The molecule has 5 nitrogen and oxygen atoms in total. The summed E-state index contributed by atoms with van der Waals surface area (Å²) in [6.07, 6.45) is -0.660. The van der Waals surface area contributed by atoms with Crippen LogP contribution in [0.25, 0.3) is 0 Å². The molecule has 0 aliphatic heterocycles. The molecule has 0 fully saturated rings. The lowest BCUT2D eigenvalue weighted by atomic mass is 10.1. The van der Waals surface area contributed by atoms with E-state index in [4.69, 9.17) is 0 Å². The molecule has 0 radical (unpaired) electrons. The zero-order chi connectivity index (χ0) is 19.4. The number of anilines is 1. The van der Waals surface area contributed by atoms with Crippen LogP contribution >= 0.6 is 22.7 Å². The molecule has 3 N–H and O–H groups in total. The van der Waals surface area contributed by atoms with Gasteiger partial charge in [0.15, 0.2) is 0 Å². The molecule has 1 aromatic carbocycles. The van der Waals surface area contributed by atoms with E-state index in [1.54, 1.807) is 6.07 Å². The molecule has 1 atom stereocenters. The van der Waals surface area contributed by atoms with Crippen molar-refractivity contribution in [2.45, 2.75) is 26.5 Å². The highest BCUT2D eigenvalue weighted by Crippen LogP contribution is 2.30. The SMILES string of the molecule is Cc1ccc(NC(=O)C(=O)NCc2ccc(C(O)c3cccs3)s2)c(C)c1. The maximum atomic E-state index is 12.1. The lowest BCUT2D eigenvalue weighted by molar-refractivity contribution is -0.136. The van der Waals surface area contributed by atoms with Crippen LogP contribution in [0.1, 0.15) is 31.9 Å². The van der Waals surface area contributed by atoms with Crippen LogP contribution in [0.15, 0.2) is 47.8 Å². The number of amides is 2. The maximum Gasteiger partial charge on any atom is 0.313 e. The Morgan fingerprint density at radius 1 is 1.07 bits per heavy atom. The lowest BCUT2D eigenvalue weighted by Gasteiger charge is -2.09. The van der Waals surface area contributed by atoms with Crippen LogP contribution in [0.5, 0.6) is 0 Å². The van der Waals surface area contributed by atoms with Crippen LogP contribution in [0.2, 0.25) is 0 Å². The number of rotatable bonds is 5. The predicted molar refractivity (Wildman–Crippen MR) is 109 cm³/mol. The van der Waals surface area contributed by atoms with Crippen LogP contribution in [0, 0.1) is 13.8 Å². The molecule has 0 aliphatic carbocycles. The van der Waals surface area contributed by atoms with Crippen molar-refractivity contribution in [2.24, 2.45) is 0 Å². The molecule has 2 heterocycles. The van der Waals surface area contributed by atoms with E-state index >= 15 is 0 Å². The van der Waals surface area contributed by atoms with Crippen molar-refractivity contribution in [3.8, 4) is 0 Å². The molecular weight excluding hydrogens is 380 g/mol. The molecular formula is C20H20N2O3S2. The van der Waals surface area contributed by atoms with Crippen molar-refractivity contribution in [2.75, 3.05) is 5.32 Å². The third kappa shape index (κ3) is 4.82. The highest BCUT2D eigenvalue weighted by molar-refractivity contribution is 7.12. The number of carbonyl (C=O) groups is 2. The first-order valence-corrected chi connectivity index (χ1v) is 10.1. The highest BCUT2D eigenvalue weighted by Gasteiger charge is 2.17. The van der Waals surface area contributed by atoms with Gasteiger partial charge in [-0.15, -0.1) is 22.7 Å². The van der Waals surface area contributed by atoms with Crippen molar-refractivity contribution in [1.82, 2.24) is 5.32 Å². The van der Waals surface area contributed by atoms with E-state index in [1.807, 2.05) is 55.6 Å². The van der Waals surface area contributed by atoms with Crippen molar-refractivity contribution in [3.05, 3.63) is 73.6 Å². The molecule has 2 aromatic heterocycles. The molecule has 140 valence electrons. The van der Waals surface area contributed by atoms with E-state index < -0.39 is 17.9 Å². The average Bonchev–Trinajstić information content (AvgIpc) is 3.33. The van der Waals surface area contributed by atoms with E-state index in [0.717, 1.165) is 25.8 Å². The maximum absolute atomic E-state index is 12.1. The van der Waals surface area contributed by atoms with E-state index in [0.29, 0.717) is 5.69 Å². The van der Waals surface area contributed by atoms with Crippen LogP contribution < -0.4 is 10.6 Å². The van der Waals surface area contributed by atoms with Crippen LogP contribution in [0.4, 0.5) is 5.69 Å². The number of aliphatic hydroxyl groups is 1. The second kappa shape index (κ2) is 8.47. The summed E-state index contributed by atoms with van der Waals surface area (Å²) in [6.45, 7) is 4.09. The summed E-state index contributed by atoms with van der Waals surface area (Å²) in [5, 5.41) is 17.5. The average molecular weight is 401 g/mol. The van der Waals surface area contributed by atoms with Gasteiger partial charge in [0.05, 0.1) is 6.54 Å². The summed E-state index contributed by atoms with van der Waals surface area (Å²) >= 11 is 2.91. The van der Waals surface area contributed by atoms with Gasteiger partial charge >= 0.3 is 11.8 Å². The van der Waals surface area contributed by atoms with E-state index in [9.17, 15) is 14.7 Å². The summed E-state index contributed by atoms with van der Waals surface area (Å²) < 4.78 is 0. The summed E-state index contributed by atoms with van der Waals surface area (Å²) in [4.78, 5) is 26.7. The van der Waals surface area contributed by atoms with Gasteiger partial charge in [-0.2, -0.15) is 0 Å². The number of thiophene rings is 2. The molecule has 2 amide bonds. The van der Waals surface area contributed by atoms with E-state index in [2.05, 4.69) is 10.6 Å². The number of hydrogen-bond acceptors (Lipinski definition) is 5. The van der Waals surface area contributed by atoms with Crippen molar-refractivity contribution >= 4 is 40.2 Å². The topological polar surface area (TPSA) is 78.4 Å². The van der Waals surface area contributed by atoms with E-state index in [1.165, 1.54) is 22.7 Å². The summed E-state index contributed by atoms with van der Waals surface area (Å²) in [5.74, 6) is -1.39. The molecule has 3 rings (SSSR count). The van der Waals surface area contributed by atoms with Crippen molar-refractivity contribution in [1.29, 1.82) is 0 Å². The number of hydrogen-bond donors (Lipinski definition) is 3. The zero-order valence-electron chi connectivity index (χ0n) is 15.0. The van der Waals surface area contributed by atoms with Gasteiger partial charge in [0.25, 0.3) is 0 Å². The fraction of sp³-hybridized carbons (Fsp3) is 0.200. The monoisotopic (exact) mass is 400 g/mol. The Kier molecular flexibility index (Phi) is 6.05. The van der Waals surface area contributed by atoms with Gasteiger partial charge < -0.3 is 15.7 Å². The van der Waals surface area contributed by atoms with Gasteiger partial charge in [-0.25, -0.2) is 0 Å². The Hall–Kier alpha value is -2.48. The molecule has 3 aromatic rings. The smallest absolute Gasteiger partial charge is 0.313 e. The molecule has 7 heteroatoms. The second-order valence-corrected chi connectivity index (χ2v) is 8.36. The lowest BCUT2D eigenvalue weighted by Crippen LogP contribution is -2.34. The molecule has 0 bridgehead atoms. The molecule has 0 saturated heterocycles. The quantitative estimate of drug-likeness (QED) is 0.571. The third-order valence-electron chi connectivity index (χ3n) is 4.02. The van der Waals surface area contributed by atoms with Crippen LogP contribution in [0.3, 0.4) is 0 Å². The second-order valence-electron chi connectivity index (χ2n) is 6.18. The number of aryl methyl sites for hydroxylation is 2. The number of nitrogens with one attached hydrogen (secondary N) is 2. The molecule has 0 saturated carbocycles. The van der Waals surface area contributed by atoms with Gasteiger partial charge in [0.1, 0.15) is 6.10 Å². The van der Waals surface area contributed by atoms with Crippen molar-refractivity contribution in [3.63, 3.8) is 0 Å². The third-order valence-corrected chi connectivity index (χ3v) is 6.09. The minimum atomic E-state index is -0.697. The van der Waals surface area contributed by atoms with E-state index in [-0.39, 0.29) is 6.54 Å².